The molecule has 0 bridgehead atoms. The molecule has 1 aliphatic heterocycles. The van der Waals surface area contributed by atoms with Crippen LogP contribution in [0.25, 0.3) is 0 Å². The average Bonchev–Trinajstić information content (AvgIpc) is 2.82. The van der Waals surface area contributed by atoms with E-state index in [0.29, 0.717) is 11.0 Å². The maximum absolute atomic E-state index is 5.99. The largest absolute Gasteiger partial charge is 0.370 e. The van der Waals surface area contributed by atoms with Gasteiger partial charge in [-0.05, 0) is 19.3 Å². The van der Waals surface area contributed by atoms with Crippen molar-refractivity contribution in [2.45, 2.75) is 38.7 Å². The molecule has 0 aliphatic carbocycles. The Bertz CT molecular complexity index is 367. The molecule has 0 aromatic carbocycles. The first-order chi connectivity index (χ1) is 8.29. The summed E-state index contributed by atoms with van der Waals surface area (Å²) in [4.78, 5) is 8.69. The highest BCUT2D eigenvalue weighted by Gasteiger charge is 2.21. The van der Waals surface area contributed by atoms with Gasteiger partial charge in [-0.2, -0.15) is 0 Å². The molecule has 17 heavy (non-hydrogen) atoms. The number of nitrogens with one attached hydrogen (secondary N) is 1. The summed E-state index contributed by atoms with van der Waals surface area (Å²) in [5.74, 6) is 1.50. The van der Waals surface area contributed by atoms with Gasteiger partial charge < -0.3 is 10.1 Å². The van der Waals surface area contributed by atoms with Crippen LogP contribution in [-0.4, -0.2) is 23.1 Å². The van der Waals surface area contributed by atoms with Gasteiger partial charge in [0.05, 0.1) is 0 Å². The minimum atomic E-state index is 0.0143. The maximum Gasteiger partial charge on any atom is 0.161 e. The fourth-order valence-corrected chi connectivity index (χ4v) is 2.03. The molecule has 0 saturated carbocycles. The molecule has 1 aliphatic rings. The molecule has 0 spiro atoms. The Kier molecular flexibility index (Phi) is 4.57. The van der Waals surface area contributed by atoms with E-state index in [0.717, 1.165) is 44.7 Å². The third-order valence-corrected chi connectivity index (χ3v) is 2.96. The van der Waals surface area contributed by atoms with Gasteiger partial charge in [0.2, 0.25) is 0 Å². The van der Waals surface area contributed by atoms with Crippen LogP contribution in [0.2, 0.25) is 5.15 Å². The van der Waals surface area contributed by atoms with Gasteiger partial charge in [-0.15, -0.1) is 0 Å². The van der Waals surface area contributed by atoms with Gasteiger partial charge in [0.1, 0.15) is 17.1 Å². The lowest BCUT2D eigenvalue weighted by molar-refractivity contribution is 0.105. The highest BCUT2D eigenvalue weighted by molar-refractivity contribution is 6.29. The van der Waals surface area contributed by atoms with Crippen molar-refractivity contribution in [2.75, 3.05) is 18.5 Å². The van der Waals surface area contributed by atoms with Crippen molar-refractivity contribution in [1.82, 2.24) is 9.97 Å². The normalized spacial score (nSPS) is 19.5. The van der Waals surface area contributed by atoms with E-state index >= 15 is 0 Å². The van der Waals surface area contributed by atoms with Crippen molar-refractivity contribution in [3.05, 3.63) is 17.0 Å². The minimum Gasteiger partial charge on any atom is -0.370 e. The van der Waals surface area contributed by atoms with Crippen LogP contribution < -0.4 is 5.32 Å². The third kappa shape index (κ3) is 3.54. The monoisotopic (exact) mass is 255 g/mol. The second-order valence-electron chi connectivity index (χ2n) is 4.22. The van der Waals surface area contributed by atoms with Gasteiger partial charge in [0.15, 0.2) is 5.82 Å². The van der Waals surface area contributed by atoms with Gasteiger partial charge in [-0.1, -0.05) is 24.9 Å². The number of halogens is 1. The quantitative estimate of drug-likeness (QED) is 0.648. The zero-order chi connectivity index (χ0) is 12.1. The van der Waals surface area contributed by atoms with Crippen LogP contribution in [0.15, 0.2) is 6.07 Å². The van der Waals surface area contributed by atoms with Crippen molar-refractivity contribution in [3.8, 4) is 0 Å². The molecule has 1 N–H and O–H groups in total. The molecular formula is C12H18ClN3O. The number of aromatic nitrogens is 2. The summed E-state index contributed by atoms with van der Waals surface area (Å²) < 4.78 is 5.56. The SMILES string of the molecule is CCCCNc1cc(Cl)nc(C2CCCO2)n1. The van der Waals surface area contributed by atoms with Crippen molar-refractivity contribution < 1.29 is 4.74 Å². The highest BCUT2D eigenvalue weighted by Crippen LogP contribution is 2.27. The smallest absolute Gasteiger partial charge is 0.161 e. The molecule has 94 valence electrons. The van der Waals surface area contributed by atoms with Crippen LogP contribution in [0, 0.1) is 0 Å². The van der Waals surface area contributed by atoms with Crippen LogP contribution in [-0.2, 0) is 4.74 Å². The minimum absolute atomic E-state index is 0.0143. The third-order valence-electron chi connectivity index (χ3n) is 2.77. The number of unbranched alkanes of at least 4 members (excludes halogenated alkanes) is 1. The Morgan fingerprint density at radius 2 is 2.41 bits per heavy atom. The number of hydrogen-bond acceptors (Lipinski definition) is 4. The molecule has 0 radical (unpaired) electrons. The van der Waals surface area contributed by atoms with Crippen LogP contribution >= 0.6 is 11.6 Å². The van der Waals surface area contributed by atoms with E-state index in [1.807, 2.05) is 0 Å². The van der Waals surface area contributed by atoms with E-state index in [9.17, 15) is 0 Å². The molecule has 4 nitrogen and oxygen atoms in total. The summed E-state index contributed by atoms with van der Waals surface area (Å²) in [5.41, 5.74) is 0. The molecule has 1 fully saturated rings. The lowest BCUT2D eigenvalue weighted by atomic mass is 10.2. The fourth-order valence-electron chi connectivity index (χ4n) is 1.84. The van der Waals surface area contributed by atoms with Crippen LogP contribution in [0.1, 0.15) is 44.5 Å². The van der Waals surface area contributed by atoms with Gasteiger partial charge in [0.25, 0.3) is 0 Å². The summed E-state index contributed by atoms with van der Waals surface area (Å²) >= 11 is 5.99. The zero-order valence-electron chi connectivity index (χ0n) is 10.1. The van der Waals surface area contributed by atoms with Gasteiger partial charge in [0, 0.05) is 19.2 Å². The number of nitrogens with zero attached hydrogens (tertiary/aromatic N) is 2. The lowest BCUT2D eigenvalue weighted by Gasteiger charge is -2.11. The Balaban J connectivity index is 2.05. The van der Waals surface area contributed by atoms with Crippen molar-refractivity contribution >= 4 is 17.4 Å². The van der Waals surface area contributed by atoms with Gasteiger partial charge in [-0.3, -0.25) is 0 Å². The van der Waals surface area contributed by atoms with Crippen molar-refractivity contribution in [1.29, 1.82) is 0 Å². The molecule has 0 amide bonds. The summed E-state index contributed by atoms with van der Waals surface area (Å²) in [6, 6.07) is 1.76. The van der Waals surface area contributed by atoms with E-state index in [2.05, 4.69) is 22.2 Å². The van der Waals surface area contributed by atoms with Crippen molar-refractivity contribution in [3.63, 3.8) is 0 Å². The molecule has 1 atom stereocenters. The predicted molar refractivity (Wildman–Crippen MR) is 68.4 cm³/mol. The van der Waals surface area contributed by atoms with E-state index < -0.39 is 0 Å². The molecule has 1 aromatic heterocycles. The van der Waals surface area contributed by atoms with Crippen LogP contribution in [0.5, 0.6) is 0 Å². The first-order valence-corrected chi connectivity index (χ1v) is 6.57. The fraction of sp³-hybridized carbons (Fsp3) is 0.667. The average molecular weight is 256 g/mol. The molecule has 1 unspecified atom stereocenters. The maximum atomic E-state index is 5.99. The van der Waals surface area contributed by atoms with Crippen molar-refractivity contribution in [2.24, 2.45) is 0 Å². The van der Waals surface area contributed by atoms with Crippen LogP contribution in [0.3, 0.4) is 0 Å². The molecule has 2 rings (SSSR count). The number of anilines is 1. The summed E-state index contributed by atoms with van der Waals surface area (Å²) in [5, 5.41) is 3.74. The summed E-state index contributed by atoms with van der Waals surface area (Å²) in [7, 11) is 0. The number of rotatable bonds is 5. The van der Waals surface area contributed by atoms with Gasteiger partial charge >= 0.3 is 0 Å². The first-order valence-electron chi connectivity index (χ1n) is 6.19. The Labute approximate surface area is 107 Å². The van der Waals surface area contributed by atoms with E-state index in [1.54, 1.807) is 6.07 Å². The second-order valence-corrected chi connectivity index (χ2v) is 4.60. The zero-order valence-corrected chi connectivity index (χ0v) is 10.8. The van der Waals surface area contributed by atoms with Gasteiger partial charge in [-0.25, -0.2) is 9.97 Å². The highest BCUT2D eigenvalue weighted by atomic mass is 35.5. The predicted octanol–water partition coefficient (Wildman–Crippen LogP) is 3.19. The topological polar surface area (TPSA) is 47.0 Å². The van der Waals surface area contributed by atoms with E-state index in [-0.39, 0.29) is 6.10 Å². The molecule has 2 heterocycles. The summed E-state index contributed by atoms with van der Waals surface area (Å²) in [6.45, 7) is 3.86. The molecule has 5 heteroatoms. The standard InChI is InChI=1S/C12H18ClN3O/c1-2-3-6-14-11-8-10(13)15-12(16-11)9-5-4-7-17-9/h8-9H,2-7H2,1H3,(H,14,15,16). The number of hydrogen-bond donors (Lipinski definition) is 1. The second kappa shape index (κ2) is 6.17. The molecular weight excluding hydrogens is 238 g/mol. The Morgan fingerprint density at radius 1 is 1.53 bits per heavy atom. The van der Waals surface area contributed by atoms with E-state index in [1.165, 1.54) is 0 Å². The molecule has 1 saturated heterocycles. The summed E-state index contributed by atoms with van der Waals surface area (Å²) in [6.07, 6.45) is 4.34. The number of ether oxygens (including phenoxy) is 1. The first kappa shape index (κ1) is 12.6. The van der Waals surface area contributed by atoms with E-state index in [4.69, 9.17) is 16.3 Å². The Hall–Kier alpha value is -0.870. The molecule has 1 aromatic rings. The Morgan fingerprint density at radius 3 is 3.12 bits per heavy atom. The lowest BCUT2D eigenvalue weighted by Crippen LogP contribution is -2.08. The van der Waals surface area contributed by atoms with Crippen LogP contribution in [0.4, 0.5) is 5.82 Å².